The first-order valence-electron chi connectivity index (χ1n) is 6.17. The Hall–Kier alpha value is -1.33. The van der Waals surface area contributed by atoms with Crippen LogP contribution in [-0.2, 0) is 4.79 Å². The van der Waals surface area contributed by atoms with Gasteiger partial charge in [0.1, 0.15) is 0 Å². The minimum absolute atomic E-state index is 0. The van der Waals surface area contributed by atoms with Gasteiger partial charge in [-0.25, -0.2) is 4.39 Å². The standard InChI is InChI=1S/C13H15FN2O2.ClH/c1-7-13(17)16-11-5-9(8-2-3-15-6-8)4-10(14)12(11)18-7;/h4-5,7-8,15H,2-3,6H2,1H3,(H,16,17);1H/t7-,8?;/m1./s1. The topological polar surface area (TPSA) is 50.4 Å². The number of fused-ring (bicyclic) bond motifs is 1. The number of halogens is 2. The number of amides is 1. The second kappa shape index (κ2) is 5.35. The second-order valence-electron chi connectivity index (χ2n) is 4.82. The Kier molecular flexibility index (Phi) is 3.96. The van der Waals surface area contributed by atoms with E-state index in [0.717, 1.165) is 25.1 Å². The monoisotopic (exact) mass is 286 g/mol. The zero-order valence-corrected chi connectivity index (χ0v) is 11.3. The lowest BCUT2D eigenvalue weighted by Gasteiger charge is -2.25. The summed E-state index contributed by atoms with van der Waals surface area (Å²) in [6.45, 7) is 3.40. The fraction of sp³-hybridized carbons (Fsp3) is 0.462. The van der Waals surface area contributed by atoms with Crippen molar-refractivity contribution in [1.29, 1.82) is 0 Å². The summed E-state index contributed by atoms with van der Waals surface area (Å²) in [4.78, 5) is 11.5. The van der Waals surface area contributed by atoms with Crippen LogP contribution in [0, 0.1) is 5.82 Å². The fourth-order valence-corrected chi connectivity index (χ4v) is 2.47. The van der Waals surface area contributed by atoms with E-state index in [1.807, 2.05) is 6.07 Å². The molecule has 1 saturated heterocycles. The van der Waals surface area contributed by atoms with Gasteiger partial charge in [-0.05, 0) is 43.5 Å². The largest absolute Gasteiger partial charge is 0.476 e. The van der Waals surface area contributed by atoms with Crippen LogP contribution in [0.1, 0.15) is 24.8 Å². The number of hydrogen-bond donors (Lipinski definition) is 2. The molecule has 0 spiro atoms. The van der Waals surface area contributed by atoms with Crippen molar-refractivity contribution in [2.24, 2.45) is 0 Å². The van der Waals surface area contributed by atoms with Crippen molar-refractivity contribution < 1.29 is 13.9 Å². The molecule has 2 heterocycles. The molecule has 4 nitrogen and oxygen atoms in total. The molecule has 1 unspecified atom stereocenters. The Morgan fingerprint density at radius 2 is 2.21 bits per heavy atom. The minimum Gasteiger partial charge on any atom is -0.476 e. The maximum absolute atomic E-state index is 14.0. The van der Waals surface area contributed by atoms with Gasteiger partial charge in [0.15, 0.2) is 17.7 Å². The van der Waals surface area contributed by atoms with Crippen molar-refractivity contribution >= 4 is 24.0 Å². The SMILES string of the molecule is C[C@H]1Oc2c(F)cc(C3CCNC3)cc2NC1=O.Cl. The molecule has 1 aromatic rings. The van der Waals surface area contributed by atoms with Gasteiger partial charge in [0.25, 0.3) is 5.91 Å². The third-order valence-electron chi connectivity index (χ3n) is 3.52. The third kappa shape index (κ3) is 2.53. The number of nitrogens with one attached hydrogen (secondary N) is 2. The minimum atomic E-state index is -0.647. The molecule has 2 atom stereocenters. The number of anilines is 1. The van der Waals surface area contributed by atoms with E-state index < -0.39 is 11.9 Å². The average molecular weight is 287 g/mol. The summed E-state index contributed by atoms with van der Waals surface area (Å²) < 4.78 is 19.3. The highest BCUT2D eigenvalue weighted by Crippen LogP contribution is 2.36. The van der Waals surface area contributed by atoms with Gasteiger partial charge >= 0.3 is 0 Å². The Morgan fingerprint density at radius 1 is 1.42 bits per heavy atom. The number of hydrogen-bond acceptors (Lipinski definition) is 3. The predicted molar refractivity (Wildman–Crippen MR) is 72.6 cm³/mol. The van der Waals surface area contributed by atoms with Gasteiger partial charge in [0.2, 0.25) is 0 Å². The lowest BCUT2D eigenvalue weighted by molar-refractivity contribution is -0.122. The summed E-state index contributed by atoms with van der Waals surface area (Å²) in [5, 5.41) is 5.94. The zero-order valence-electron chi connectivity index (χ0n) is 10.5. The number of carbonyl (C=O) groups is 1. The Balaban J connectivity index is 0.00000133. The molecule has 0 bridgehead atoms. The molecule has 1 fully saturated rings. The molecule has 104 valence electrons. The summed E-state index contributed by atoms with van der Waals surface area (Å²) in [7, 11) is 0. The van der Waals surface area contributed by atoms with Crippen LogP contribution in [0.25, 0.3) is 0 Å². The van der Waals surface area contributed by atoms with E-state index in [4.69, 9.17) is 4.74 Å². The van der Waals surface area contributed by atoms with Crippen LogP contribution < -0.4 is 15.4 Å². The van der Waals surface area contributed by atoms with Crippen LogP contribution in [0.4, 0.5) is 10.1 Å². The van der Waals surface area contributed by atoms with Crippen molar-refractivity contribution in [2.45, 2.75) is 25.4 Å². The molecule has 19 heavy (non-hydrogen) atoms. The molecular weight excluding hydrogens is 271 g/mol. The Bertz CT molecular complexity index is 504. The van der Waals surface area contributed by atoms with E-state index in [1.54, 1.807) is 6.92 Å². The van der Waals surface area contributed by atoms with Crippen molar-refractivity contribution in [2.75, 3.05) is 18.4 Å². The van der Waals surface area contributed by atoms with Gasteiger partial charge in [-0.1, -0.05) is 0 Å². The molecule has 1 amide bonds. The lowest BCUT2D eigenvalue weighted by Crippen LogP contribution is -2.35. The molecule has 0 saturated carbocycles. The van der Waals surface area contributed by atoms with E-state index in [1.165, 1.54) is 6.07 Å². The van der Waals surface area contributed by atoms with E-state index in [0.29, 0.717) is 11.6 Å². The summed E-state index contributed by atoms with van der Waals surface area (Å²) in [6, 6.07) is 3.33. The van der Waals surface area contributed by atoms with Crippen LogP contribution in [0.5, 0.6) is 5.75 Å². The first-order valence-corrected chi connectivity index (χ1v) is 6.17. The first-order chi connectivity index (χ1) is 8.65. The molecule has 0 aromatic heterocycles. The van der Waals surface area contributed by atoms with E-state index in [2.05, 4.69) is 10.6 Å². The van der Waals surface area contributed by atoms with Crippen molar-refractivity contribution in [3.05, 3.63) is 23.5 Å². The number of ether oxygens (including phenoxy) is 1. The van der Waals surface area contributed by atoms with Gasteiger partial charge in [-0.15, -0.1) is 12.4 Å². The molecule has 2 aliphatic rings. The summed E-state index contributed by atoms with van der Waals surface area (Å²) in [6.07, 6.45) is 0.342. The molecule has 3 rings (SSSR count). The summed E-state index contributed by atoms with van der Waals surface area (Å²) >= 11 is 0. The van der Waals surface area contributed by atoms with Crippen LogP contribution >= 0.6 is 12.4 Å². The van der Waals surface area contributed by atoms with Gasteiger partial charge < -0.3 is 15.4 Å². The average Bonchev–Trinajstić information content (AvgIpc) is 2.85. The molecule has 0 aliphatic carbocycles. The smallest absolute Gasteiger partial charge is 0.265 e. The molecule has 1 aromatic carbocycles. The van der Waals surface area contributed by atoms with Gasteiger partial charge in [-0.3, -0.25) is 4.79 Å². The summed E-state index contributed by atoms with van der Waals surface area (Å²) in [5.74, 6) is -0.178. The number of benzene rings is 1. The number of rotatable bonds is 1. The quantitative estimate of drug-likeness (QED) is 0.831. The van der Waals surface area contributed by atoms with Gasteiger partial charge in [-0.2, -0.15) is 0 Å². The third-order valence-corrected chi connectivity index (χ3v) is 3.52. The zero-order chi connectivity index (χ0) is 12.7. The maximum Gasteiger partial charge on any atom is 0.265 e. The molecular formula is C13H16ClFN2O2. The Morgan fingerprint density at radius 3 is 2.89 bits per heavy atom. The molecule has 2 N–H and O–H groups in total. The van der Waals surface area contributed by atoms with Crippen molar-refractivity contribution in [3.63, 3.8) is 0 Å². The van der Waals surface area contributed by atoms with Crippen LogP contribution in [0.3, 0.4) is 0 Å². The van der Waals surface area contributed by atoms with E-state index in [9.17, 15) is 9.18 Å². The van der Waals surface area contributed by atoms with Crippen LogP contribution in [-0.4, -0.2) is 25.1 Å². The molecule has 2 aliphatic heterocycles. The first kappa shape index (κ1) is 14.1. The van der Waals surface area contributed by atoms with Gasteiger partial charge in [0, 0.05) is 6.54 Å². The lowest BCUT2D eigenvalue weighted by atomic mass is 9.97. The fourth-order valence-electron chi connectivity index (χ4n) is 2.47. The highest BCUT2D eigenvalue weighted by molar-refractivity contribution is 5.97. The van der Waals surface area contributed by atoms with E-state index >= 15 is 0 Å². The number of carbonyl (C=O) groups excluding carboxylic acids is 1. The van der Waals surface area contributed by atoms with Crippen LogP contribution in [0.2, 0.25) is 0 Å². The normalized spacial score (nSPS) is 25.1. The maximum atomic E-state index is 14.0. The van der Waals surface area contributed by atoms with Crippen molar-refractivity contribution in [3.8, 4) is 5.75 Å². The highest BCUT2D eigenvalue weighted by Gasteiger charge is 2.28. The van der Waals surface area contributed by atoms with Crippen molar-refractivity contribution in [1.82, 2.24) is 5.32 Å². The highest BCUT2D eigenvalue weighted by atomic mass is 35.5. The van der Waals surface area contributed by atoms with E-state index in [-0.39, 0.29) is 24.1 Å². The summed E-state index contributed by atoms with van der Waals surface area (Å²) in [5.41, 5.74) is 1.36. The van der Waals surface area contributed by atoms with Crippen LogP contribution in [0.15, 0.2) is 12.1 Å². The Labute approximate surface area is 117 Å². The molecule has 6 heteroatoms. The second-order valence-corrected chi connectivity index (χ2v) is 4.82. The predicted octanol–water partition coefficient (Wildman–Crippen LogP) is 2.04. The molecule has 0 radical (unpaired) electrons. The van der Waals surface area contributed by atoms with Gasteiger partial charge in [0.05, 0.1) is 5.69 Å².